The van der Waals surface area contributed by atoms with Crippen LogP contribution < -0.4 is 4.90 Å². The Bertz CT molecular complexity index is 2390. The maximum atomic E-state index is 15.1. The van der Waals surface area contributed by atoms with E-state index in [0.717, 1.165) is 73.3 Å². The molecule has 0 spiro atoms. The first kappa shape index (κ1) is 34.1. The smallest absolute Gasteiger partial charge is 0.264 e. The number of anilines is 2. The largest absolute Gasteiger partial charge is 0.508 e. The molecule has 0 unspecified atom stereocenters. The van der Waals surface area contributed by atoms with E-state index in [-0.39, 0.29) is 23.6 Å². The molecule has 2 amide bonds. The molecule has 9 rings (SSSR count). The topological polar surface area (TPSA) is 83.2 Å². The first-order valence-electron chi connectivity index (χ1n) is 19.0. The van der Waals surface area contributed by atoms with Crippen molar-refractivity contribution in [3.63, 3.8) is 0 Å². The number of benzene rings is 4. The van der Waals surface area contributed by atoms with Crippen molar-refractivity contribution in [2.24, 2.45) is 7.05 Å². The van der Waals surface area contributed by atoms with E-state index in [1.54, 1.807) is 29.2 Å². The number of fused-ring (bicyclic) bond motifs is 3. The summed E-state index contributed by atoms with van der Waals surface area (Å²) in [5.41, 5.74) is 10.3. The van der Waals surface area contributed by atoms with Gasteiger partial charge in [-0.25, -0.2) is 0 Å². The molecular weight excluding hydrogens is 675 g/mol. The molecular formula is C45H45N5O4. The van der Waals surface area contributed by atoms with Crippen LogP contribution in [0.3, 0.4) is 0 Å². The predicted octanol–water partition coefficient (Wildman–Crippen LogP) is 7.35. The highest BCUT2D eigenvalue weighted by Gasteiger charge is 2.34. The monoisotopic (exact) mass is 719 g/mol. The summed E-state index contributed by atoms with van der Waals surface area (Å²) in [5.74, 6) is -0.0507. The molecule has 2 aromatic heterocycles. The van der Waals surface area contributed by atoms with Gasteiger partial charge in [0.1, 0.15) is 5.75 Å². The number of aromatic nitrogens is 2. The average molecular weight is 720 g/mol. The molecule has 3 aliphatic rings. The molecule has 1 saturated heterocycles. The van der Waals surface area contributed by atoms with Crippen molar-refractivity contribution in [3.05, 3.63) is 142 Å². The van der Waals surface area contributed by atoms with E-state index in [0.29, 0.717) is 36.6 Å². The molecule has 1 fully saturated rings. The van der Waals surface area contributed by atoms with Crippen molar-refractivity contribution < 1.29 is 19.4 Å². The molecule has 6 aromatic rings. The molecule has 2 aliphatic heterocycles. The van der Waals surface area contributed by atoms with Crippen molar-refractivity contribution in [2.45, 2.75) is 45.2 Å². The van der Waals surface area contributed by atoms with E-state index in [2.05, 4.69) is 50.8 Å². The van der Waals surface area contributed by atoms with Crippen LogP contribution in [0, 0.1) is 6.92 Å². The Morgan fingerprint density at radius 1 is 0.852 bits per heavy atom. The number of carbonyl (C=O) groups is 2. The Labute approximate surface area is 315 Å². The fourth-order valence-electron chi connectivity index (χ4n) is 8.68. The quantitative estimate of drug-likeness (QED) is 0.187. The summed E-state index contributed by atoms with van der Waals surface area (Å²) in [5, 5.41) is 11.1. The second-order valence-corrected chi connectivity index (χ2v) is 15.0. The van der Waals surface area contributed by atoms with Gasteiger partial charge < -0.3 is 23.9 Å². The minimum atomic E-state index is -0.204. The van der Waals surface area contributed by atoms with Crippen molar-refractivity contribution in [1.82, 2.24) is 18.9 Å². The van der Waals surface area contributed by atoms with E-state index in [9.17, 15) is 9.90 Å². The number of amides is 2. The second-order valence-electron chi connectivity index (χ2n) is 15.0. The number of carbonyl (C=O) groups excluding carboxylic acids is 2. The Morgan fingerprint density at radius 3 is 2.39 bits per heavy atom. The third-order valence-electron chi connectivity index (χ3n) is 11.6. The molecule has 1 atom stereocenters. The van der Waals surface area contributed by atoms with Crippen molar-refractivity contribution in [2.75, 3.05) is 37.7 Å². The lowest BCUT2D eigenvalue weighted by molar-refractivity contribution is 0.0193. The second kappa shape index (κ2) is 14.0. The summed E-state index contributed by atoms with van der Waals surface area (Å²) in [7, 11) is 2.00. The SMILES string of the molecule is Cc1cc(C(=O)N(c2ccc(O)cc2)c2ccc3c(ccn3C)c2)cn1-c1cc2c(cc1C(=O)N1Cc3ccccc3C[C@H]1CN1CCOCC1)CCC2. The number of rotatable bonds is 7. The van der Waals surface area contributed by atoms with Gasteiger partial charge in [0.15, 0.2) is 0 Å². The van der Waals surface area contributed by atoms with Crippen LogP contribution in [-0.4, -0.2) is 74.7 Å². The number of aromatic hydroxyl groups is 1. The molecule has 0 bridgehead atoms. The van der Waals surface area contributed by atoms with Gasteiger partial charge in [-0.2, -0.15) is 0 Å². The standard InChI is InChI=1S/C45H45N5O4/c1-30-22-36(44(52)50(37-10-13-40(51)14-11-37)38-12-15-42-34(24-38)16-17-46(42)2)28-48(30)43-26-33-9-5-8-32(33)25-41(43)45(53)49-27-35-7-4-3-6-31(35)23-39(49)29-47-18-20-54-21-19-47/h3-4,6-7,10-17,22,24-26,28,39,51H,5,8-9,18-21,23,27,29H2,1-2H3/t39-/m0/s1. The number of hydrogen-bond acceptors (Lipinski definition) is 5. The molecule has 1 aliphatic carbocycles. The summed E-state index contributed by atoms with van der Waals surface area (Å²) in [6.07, 6.45) is 7.69. The van der Waals surface area contributed by atoms with Crippen LogP contribution in [0.1, 0.15) is 55.1 Å². The number of aryl methyl sites for hydroxylation is 4. The molecule has 4 aromatic carbocycles. The first-order chi connectivity index (χ1) is 26.3. The zero-order valence-corrected chi connectivity index (χ0v) is 30.9. The van der Waals surface area contributed by atoms with Gasteiger partial charge in [0.2, 0.25) is 0 Å². The van der Waals surface area contributed by atoms with Gasteiger partial charge in [-0.3, -0.25) is 19.4 Å². The third kappa shape index (κ3) is 6.27. The number of morpholine rings is 1. The van der Waals surface area contributed by atoms with Gasteiger partial charge in [0, 0.05) is 79.6 Å². The summed E-state index contributed by atoms with van der Waals surface area (Å²) in [6.45, 7) is 6.51. The van der Waals surface area contributed by atoms with Gasteiger partial charge in [0.25, 0.3) is 11.8 Å². The lowest BCUT2D eigenvalue weighted by Gasteiger charge is -2.40. The third-order valence-corrected chi connectivity index (χ3v) is 11.6. The highest BCUT2D eigenvalue weighted by atomic mass is 16.5. The fraction of sp³-hybridized carbons (Fsp3) is 0.289. The molecule has 4 heterocycles. The number of phenolic OH excluding ortho intramolecular Hbond substituents is 1. The van der Waals surface area contributed by atoms with Crippen LogP contribution >= 0.6 is 0 Å². The lowest BCUT2D eigenvalue weighted by Crippen LogP contribution is -2.52. The Morgan fingerprint density at radius 2 is 1.59 bits per heavy atom. The average Bonchev–Trinajstić information content (AvgIpc) is 3.93. The summed E-state index contributed by atoms with van der Waals surface area (Å²) >= 11 is 0. The summed E-state index contributed by atoms with van der Waals surface area (Å²) in [4.78, 5) is 36.0. The molecule has 0 saturated carbocycles. The number of ether oxygens (including phenoxy) is 1. The zero-order chi connectivity index (χ0) is 36.9. The molecule has 9 nitrogen and oxygen atoms in total. The van der Waals surface area contributed by atoms with Gasteiger partial charge in [-0.05, 0) is 122 Å². The Kier molecular flexibility index (Phi) is 8.83. The van der Waals surface area contributed by atoms with E-state index in [4.69, 9.17) is 4.74 Å². The van der Waals surface area contributed by atoms with Crippen LogP contribution in [0.4, 0.5) is 11.4 Å². The predicted molar refractivity (Wildman–Crippen MR) is 211 cm³/mol. The molecule has 9 heteroatoms. The first-order valence-corrected chi connectivity index (χ1v) is 19.0. The van der Waals surface area contributed by atoms with Crippen LogP contribution in [0.2, 0.25) is 0 Å². The van der Waals surface area contributed by atoms with Crippen molar-refractivity contribution in [3.8, 4) is 11.4 Å². The van der Waals surface area contributed by atoms with Crippen LogP contribution in [0.5, 0.6) is 5.75 Å². The van der Waals surface area contributed by atoms with Gasteiger partial charge >= 0.3 is 0 Å². The summed E-state index contributed by atoms with van der Waals surface area (Å²) < 4.78 is 9.74. The zero-order valence-electron chi connectivity index (χ0n) is 30.9. The normalized spacial score (nSPS) is 17.1. The molecule has 0 radical (unpaired) electrons. The van der Waals surface area contributed by atoms with E-state index in [1.807, 2.05) is 61.3 Å². The number of nitrogens with zero attached hydrogens (tertiary/aromatic N) is 5. The molecule has 1 N–H and O–H groups in total. The molecule has 54 heavy (non-hydrogen) atoms. The summed E-state index contributed by atoms with van der Waals surface area (Å²) in [6, 6.07) is 29.5. The Balaban J connectivity index is 1.11. The van der Waals surface area contributed by atoms with E-state index in [1.165, 1.54) is 22.3 Å². The van der Waals surface area contributed by atoms with Crippen LogP contribution in [0.25, 0.3) is 16.6 Å². The highest BCUT2D eigenvalue weighted by Crippen LogP contribution is 2.35. The minimum Gasteiger partial charge on any atom is -0.508 e. The number of phenols is 1. The molecule has 274 valence electrons. The van der Waals surface area contributed by atoms with E-state index >= 15 is 4.79 Å². The van der Waals surface area contributed by atoms with Crippen LogP contribution in [-0.2, 0) is 37.6 Å². The van der Waals surface area contributed by atoms with E-state index < -0.39 is 0 Å². The maximum Gasteiger partial charge on any atom is 0.264 e. The van der Waals surface area contributed by atoms with Crippen molar-refractivity contribution >= 4 is 34.1 Å². The fourth-order valence-corrected chi connectivity index (χ4v) is 8.68. The lowest BCUT2D eigenvalue weighted by atomic mass is 9.92. The van der Waals surface area contributed by atoms with Crippen LogP contribution in [0.15, 0.2) is 103 Å². The maximum absolute atomic E-state index is 15.1. The van der Waals surface area contributed by atoms with Crippen molar-refractivity contribution in [1.29, 1.82) is 0 Å². The number of hydrogen-bond donors (Lipinski definition) is 1. The van der Waals surface area contributed by atoms with Gasteiger partial charge in [0.05, 0.1) is 30.0 Å². The van der Waals surface area contributed by atoms with Gasteiger partial charge in [-0.1, -0.05) is 24.3 Å². The highest BCUT2D eigenvalue weighted by molar-refractivity contribution is 6.12. The Hall–Kier alpha value is -5.64. The van der Waals surface area contributed by atoms with Gasteiger partial charge in [-0.15, -0.1) is 0 Å². The minimum absolute atomic E-state index is 0.0234.